The van der Waals surface area contributed by atoms with E-state index in [4.69, 9.17) is 9.47 Å². The largest absolute Gasteiger partial charge is 0.490 e. The van der Waals surface area contributed by atoms with Crippen molar-refractivity contribution < 1.29 is 27.8 Å². The Morgan fingerprint density at radius 2 is 1.96 bits per heavy atom. The van der Waals surface area contributed by atoms with Crippen molar-refractivity contribution in [2.45, 2.75) is 32.7 Å². The van der Waals surface area contributed by atoms with Gasteiger partial charge in [-0.2, -0.15) is 13.2 Å². The summed E-state index contributed by atoms with van der Waals surface area (Å²) in [4.78, 5) is 3.78. The lowest BCUT2D eigenvalue weighted by Gasteiger charge is -2.15. The van der Waals surface area contributed by atoms with E-state index in [2.05, 4.69) is 4.98 Å². The van der Waals surface area contributed by atoms with Gasteiger partial charge in [0.2, 0.25) is 0 Å². The van der Waals surface area contributed by atoms with E-state index < -0.39 is 11.9 Å². The van der Waals surface area contributed by atoms with Crippen molar-refractivity contribution in [1.29, 1.82) is 0 Å². The average molecular weight is 358 g/mol. The van der Waals surface area contributed by atoms with Gasteiger partial charge in [-0.1, -0.05) is 6.07 Å². The van der Waals surface area contributed by atoms with Crippen LogP contribution in [0.5, 0.6) is 5.75 Å². The minimum Gasteiger partial charge on any atom is -0.490 e. The Morgan fingerprint density at radius 1 is 1.24 bits per heavy atom. The maximum atomic E-state index is 13.1. The van der Waals surface area contributed by atoms with Gasteiger partial charge in [0.05, 0.1) is 18.8 Å². The molecule has 1 aromatic heterocycles. The molecule has 8 heteroatoms. The summed E-state index contributed by atoms with van der Waals surface area (Å²) >= 11 is 0. The SMILES string of the molecule is COCCOc1cc(CO)ccc1-c1nc(C(F)(F)F)cn1C(C)C. The van der Waals surface area contributed by atoms with Gasteiger partial charge in [-0.3, -0.25) is 0 Å². The van der Waals surface area contributed by atoms with Crippen molar-refractivity contribution in [2.75, 3.05) is 20.3 Å². The van der Waals surface area contributed by atoms with E-state index in [1.807, 2.05) is 0 Å². The van der Waals surface area contributed by atoms with E-state index in [9.17, 15) is 18.3 Å². The van der Waals surface area contributed by atoms with Crippen LogP contribution in [0.15, 0.2) is 24.4 Å². The Hall–Kier alpha value is -2.06. The van der Waals surface area contributed by atoms with Gasteiger partial charge in [-0.15, -0.1) is 0 Å². The molecule has 1 N–H and O–H groups in total. The van der Waals surface area contributed by atoms with Crippen LogP contribution < -0.4 is 4.74 Å². The molecular formula is C17H21F3N2O3. The minimum atomic E-state index is -4.53. The first-order chi connectivity index (χ1) is 11.8. The Balaban J connectivity index is 2.54. The fraction of sp³-hybridized carbons (Fsp3) is 0.471. The molecule has 0 saturated heterocycles. The van der Waals surface area contributed by atoms with E-state index in [0.717, 1.165) is 6.20 Å². The van der Waals surface area contributed by atoms with Crippen LogP contribution in [0.2, 0.25) is 0 Å². The number of rotatable bonds is 7. The van der Waals surface area contributed by atoms with Crippen molar-refractivity contribution in [3.05, 3.63) is 35.7 Å². The zero-order valence-corrected chi connectivity index (χ0v) is 14.3. The first-order valence-electron chi connectivity index (χ1n) is 7.80. The quantitative estimate of drug-likeness (QED) is 0.768. The number of aromatic nitrogens is 2. The normalized spacial score (nSPS) is 12.0. The number of hydrogen-bond acceptors (Lipinski definition) is 4. The molecule has 0 aliphatic carbocycles. The molecule has 5 nitrogen and oxygen atoms in total. The summed E-state index contributed by atoms with van der Waals surface area (Å²) in [6.45, 7) is 3.91. The molecule has 0 saturated carbocycles. The second kappa shape index (κ2) is 7.88. The van der Waals surface area contributed by atoms with Crippen LogP contribution in [-0.2, 0) is 17.5 Å². The molecule has 0 atom stereocenters. The summed E-state index contributed by atoms with van der Waals surface area (Å²) in [5, 5.41) is 9.30. The topological polar surface area (TPSA) is 56.5 Å². The number of methoxy groups -OCH3 is 1. The van der Waals surface area contributed by atoms with Gasteiger partial charge in [0.25, 0.3) is 0 Å². The van der Waals surface area contributed by atoms with Gasteiger partial charge < -0.3 is 19.1 Å². The lowest BCUT2D eigenvalue weighted by atomic mass is 10.1. The zero-order chi connectivity index (χ0) is 18.6. The predicted octanol–water partition coefficient (Wildman–Crippen LogP) is 3.67. The maximum absolute atomic E-state index is 13.1. The monoisotopic (exact) mass is 358 g/mol. The summed E-state index contributed by atoms with van der Waals surface area (Å²) in [7, 11) is 1.52. The number of hydrogen-bond donors (Lipinski definition) is 1. The van der Waals surface area contributed by atoms with Crippen molar-refractivity contribution in [3.63, 3.8) is 0 Å². The van der Waals surface area contributed by atoms with E-state index in [-0.39, 0.29) is 25.1 Å². The van der Waals surface area contributed by atoms with E-state index in [0.29, 0.717) is 23.5 Å². The van der Waals surface area contributed by atoms with Crippen molar-refractivity contribution in [1.82, 2.24) is 9.55 Å². The Kier molecular flexibility index (Phi) is 6.07. The molecule has 25 heavy (non-hydrogen) atoms. The Bertz CT molecular complexity index is 712. The number of aliphatic hydroxyl groups excluding tert-OH is 1. The van der Waals surface area contributed by atoms with Crippen LogP contribution in [-0.4, -0.2) is 35.0 Å². The summed E-state index contributed by atoms with van der Waals surface area (Å²) < 4.78 is 51.2. The molecule has 0 aliphatic heterocycles. The number of imidazole rings is 1. The maximum Gasteiger partial charge on any atom is 0.434 e. The Morgan fingerprint density at radius 3 is 2.52 bits per heavy atom. The summed E-state index contributed by atoms with van der Waals surface area (Å²) in [5.74, 6) is 0.518. The van der Waals surface area contributed by atoms with Gasteiger partial charge in [0.15, 0.2) is 5.69 Å². The third-order valence-electron chi connectivity index (χ3n) is 3.59. The molecule has 0 unspecified atom stereocenters. The lowest BCUT2D eigenvalue weighted by Crippen LogP contribution is -2.07. The minimum absolute atomic E-state index is 0.166. The summed E-state index contributed by atoms with van der Waals surface area (Å²) in [6, 6.07) is 4.61. The van der Waals surface area contributed by atoms with Crippen LogP contribution in [0.3, 0.4) is 0 Å². The van der Waals surface area contributed by atoms with Crippen LogP contribution in [0.1, 0.15) is 31.1 Å². The molecule has 1 aromatic carbocycles. The second-order valence-corrected chi connectivity index (χ2v) is 5.78. The molecule has 2 aromatic rings. The molecule has 0 spiro atoms. The first kappa shape index (κ1) is 19.3. The van der Waals surface area contributed by atoms with Gasteiger partial charge in [-0.05, 0) is 31.5 Å². The number of aliphatic hydroxyl groups is 1. The third kappa shape index (κ3) is 4.52. The van der Waals surface area contributed by atoms with Crippen molar-refractivity contribution >= 4 is 0 Å². The van der Waals surface area contributed by atoms with Gasteiger partial charge in [0, 0.05) is 19.3 Å². The van der Waals surface area contributed by atoms with Gasteiger partial charge in [0.1, 0.15) is 18.2 Å². The molecule has 0 amide bonds. The highest BCUT2D eigenvalue weighted by atomic mass is 19.4. The van der Waals surface area contributed by atoms with Crippen LogP contribution >= 0.6 is 0 Å². The standard InChI is InChI=1S/C17H21F3N2O3/c1-11(2)22-9-15(17(18,19)20)21-16(22)13-5-4-12(10-23)8-14(13)25-7-6-24-3/h4-5,8-9,11,23H,6-7,10H2,1-3H3. The molecule has 0 aliphatic rings. The lowest BCUT2D eigenvalue weighted by molar-refractivity contribution is -0.140. The highest BCUT2D eigenvalue weighted by Gasteiger charge is 2.35. The van der Waals surface area contributed by atoms with E-state index >= 15 is 0 Å². The number of alkyl halides is 3. The summed E-state index contributed by atoms with van der Waals surface area (Å²) in [6.07, 6.45) is -3.53. The Labute approximate surface area is 144 Å². The molecule has 1 heterocycles. The molecular weight excluding hydrogens is 337 g/mol. The number of nitrogens with zero attached hydrogens (tertiary/aromatic N) is 2. The smallest absolute Gasteiger partial charge is 0.434 e. The number of halogens is 3. The summed E-state index contributed by atoms with van der Waals surface area (Å²) in [5.41, 5.74) is 0.0673. The number of ether oxygens (including phenoxy) is 2. The number of benzene rings is 1. The van der Waals surface area contributed by atoms with Gasteiger partial charge >= 0.3 is 6.18 Å². The second-order valence-electron chi connectivity index (χ2n) is 5.78. The van der Waals surface area contributed by atoms with E-state index in [1.165, 1.54) is 11.7 Å². The molecule has 0 fully saturated rings. The molecule has 0 radical (unpaired) electrons. The fourth-order valence-corrected chi connectivity index (χ4v) is 2.33. The first-order valence-corrected chi connectivity index (χ1v) is 7.80. The highest BCUT2D eigenvalue weighted by molar-refractivity contribution is 5.66. The van der Waals surface area contributed by atoms with Crippen molar-refractivity contribution in [3.8, 4) is 17.1 Å². The average Bonchev–Trinajstić information content (AvgIpc) is 3.00. The fourth-order valence-electron chi connectivity index (χ4n) is 2.33. The molecule has 2 rings (SSSR count). The highest BCUT2D eigenvalue weighted by Crippen LogP contribution is 2.36. The van der Waals surface area contributed by atoms with Crippen LogP contribution in [0.25, 0.3) is 11.4 Å². The third-order valence-corrected chi connectivity index (χ3v) is 3.59. The van der Waals surface area contributed by atoms with E-state index in [1.54, 1.807) is 32.0 Å². The van der Waals surface area contributed by atoms with Gasteiger partial charge in [-0.25, -0.2) is 4.98 Å². The van der Waals surface area contributed by atoms with Crippen LogP contribution in [0, 0.1) is 0 Å². The van der Waals surface area contributed by atoms with Crippen molar-refractivity contribution in [2.24, 2.45) is 0 Å². The zero-order valence-electron chi connectivity index (χ0n) is 14.3. The molecule has 0 bridgehead atoms. The predicted molar refractivity (Wildman–Crippen MR) is 86.3 cm³/mol. The molecule has 138 valence electrons. The van der Waals surface area contributed by atoms with Crippen LogP contribution in [0.4, 0.5) is 13.2 Å².